The molecule has 1 amide bonds. The summed E-state index contributed by atoms with van der Waals surface area (Å²) >= 11 is 0. The number of carbonyl (C=O) groups excluding carboxylic acids is 1. The molecule has 188 valence electrons. The molecule has 0 aliphatic carbocycles. The zero-order valence-electron chi connectivity index (χ0n) is 20.1. The molecule has 1 fully saturated rings. The van der Waals surface area contributed by atoms with Crippen LogP contribution >= 0.6 is 0 Å². The lowest BCUT2D eigenvalue weighted by Crippen LogP contribution is -2.41. The van der Waals surface area contributed by atoms with E-state index in [1.807, 2.05) is 58.0 Å². The van der Waals surface area contributed by atoms with Gasteiger partial charge in [0.2, 0.25) is 0 Å². The molecule has 35 heavy (non-hydrogen) atoms. The zero-order chi connectivity index (χ0) is 25.9. The van der Waals surface area contributed by atoms with Gasteiger partial charge in [-0.2, -0.15) is 13.2 Å². The second-order valence-corrected chi connectivity index (χ2v) is 9.29. The van der Waals surface area contributed by atoms with E-state index in [1.165, 1.54) is 6.07 Å². The van der Waals surface area contributed by atoms with Crippen molar-refractivity contribution in [2.75, 3.05) is 6.54 Å². The van der Waals surface area contributed by atoms with Gasteiger partial charge in [0.25, 0.3) is 0 Å². The lowest BCUT2D eigenvalue weighted by Gasteiger charge is -2.32. The molecule has 0 bridgehead atoms. The molecule has 0 aromatic heterocycles. The van der Waals surface area contributed by atoms with E-state index < -0.39 is 42.8 Å². The topological polar surface area (TPSA) is 77.0 Å². The van der Waals surface area contributed by atoms with Crippen molar-refractivity contribution in [1.29, 1.82) is 0 Å². The van der Waals surface area contributed by atoms with Crippen LogP contribution in [0.25, 0.3) is 6.08 Å². The fourth-order valence-electron chi connectivity index (χ4n) is 3.40. The van der Waals surface area contributed by atoms with E-state index in [4.69, 9.17) is 14.0 Å². The number of alkyl halides is 3. The normalized spacial score (nSPS) is 17.4. The maximum absolute atomic E-state index is 13.1. The van der Waals surface area contributed by atoms with Crippen LogP contribution in [0.4, 0.5) is 18.0 Å². The number of aliphatic hydroxyl groups is 1. The Kier molecular flexibility index (Phi) is 7.98. The second kappa shape index (κ2) is 10.4. The summed E-state index contributed by atoms with van der Waals surface area (Å²) in [6.07, 6.45) is -3.65. The minimum atomic E-state index is -4.54. The van der Waals surface area contributed by atoms with Crippen molar-refractivity contribution < 1.29 is 37.1 Å². The van der Waals surface area contributed by atoms with Gasteiger partial charge in [-0.15, -0.1) is 0 Å². The third-order valence-corrected chi connectivity index (χ3v) is 6.19. The summed E-state index contributed by atoms with van der Waals surface area (Å²) < 4.78 is 56.8. The molecule has 1 heterocycles. The first-order chi connectivity index (χ1) is 16.3. The fourth-order valence-corrected chi connectivity index (χ4v) is 3.40. The molecule has 0 atom stereocenters. The molecule has 3 rings (SSSR count). The number of amides is 1. The summed E-state index contributed by atoms with van der Waals surface area (Å²) in [4.78, 5) is 12.3. The molecule has 6 nitrogen and oxygen atoms in total. The molecule has 0 saturated carbocycles. The number of hydrogen-bond acceptors (Lipinski definition) is 5. The minimum absolute atomic E-state index is 0.0453. The molecule has 1 aliphatic heterocycles. The van der Waals surface area contributed by atoms with Crippen molar-refractivity contribution in [3.8, 4) is 0 Å². The van der Waals surface area contributed by atoms with Crippen molar-refractivity contribution in [2.45, 2.75) is 58.3 Å². The lowest BCUT2D eigenvalue weighted by atomic mass is 9.76. The van der Waals surface area contributed by atoms with E-state index in [0.29, 0.717) is 11.0 Å². The van der Waals surface area contributed by atoms with Gasteiger partial charge in [0, 0.05) is 6.54 Å². The molecule has 10 heteroatoms. The van der Waals surface area contributed by atoms with Gasteiger partial charge in [-0.3, -0.25) is 0 Å². The van der Waals surface area contributed by atoms with E-state index >= 15 is 0 Å². The highest BCUT2D eigenvalue weighted by atomic mass is 19.4. The first-order valence-corrected chi connectivity index (χ1v) is 11.1. The maximum atomic E-state index is 13.1. The number of carbonyl (C=O) groups is 1. The van der Waals surface area contributed by atoms with Crippen LogP contribution in [0, 0.1) is 0 Å². The van der Waals surface area contributed by atoms with E-state index in [0.717, 1.165) is 17.7 Å². The van der Waals surface area contributed by atoms with E-state index in [1.54, 1.807) is 6.08 Å². The SMILES string of the molecule is CC1(C)OB(C(=Cc2ccc(C(F)(F)F)cc2CO)CNC(=O)OCc2ccccc2)OC1(C)C. The summed E-state index contributed by atoms with van der Waals surface area (Å²) in [7, 11) is -0.872. The van der Waals surface area contributed by atoms with Gasteiger partial charge in [0.1, 0.15) is 6.61 Å². The molecule has 1 aliphatic rings. The third-order valence-electron chi connectivity index (χ3n) is 6.19. The molecular weight excluding hydrogens is 462 g/mol. The molecule has 1 saturated heterocycles. The lowest BCUT2D eigenvalue weighted by molar-refractivity contribution is -0.137. The van der Waals surface area contributed by atoms with Crippen molar-refractivity contribution in [3.63, 3.8) is 0 Å². The fraction of sp³-hybridized carbons (Fsp3) is 0.400. The number of alkyl carbamates (subject to hydrolysis) is 1. The van der Waals surface area contributed by atoms with Crippen molar-refractivity contribution in [2.24, 2.45) is 0 Å². The average molecular weight is 491 g/mol. The first kappa shape index (κ1) is 26.8. The van der Waals surface area contributed by atoms with E-state index in [9.17, 15) is 23.1 Å². The van der Waals surface area contributed by atoms with Crippen LogP contribution in [-0.2, 0) is 33.4 Å². The van der Waals surface area contributed by atoms with E-state index in [2.05, 4.69) is 5.32 Å². The summed E-state index contributed by atoms with van der Waals surface area (Å²) in [5.74, 6) is 0. The van der Waals surface area contributed by atoms with Crippen molar-refractivity contribution in [1.82, 2.24) is 5.32 Å². The van der Waals surface area contributed by atoms with Crippen LogP contribution in [0.2, 0.25) is 0 Å². The van der Waals surface area contributed by atoms with Crippen LogP contribution in [0.3, 0.4) is 0 Å². The molecule has 0 unspecified atom stereocenters. The molecule has 2 aromatic rings. The summed E-state index contributed by atoms with van der Waals surface area (Å²) in [6.45, 7) is 6.89. The van der Waals surface area contributed by atoms with Gasteiger partial charge in [0.15, 0.2) is 0 Å². The highest BCUT2D eigenvalue weighted by Crippen LogP contribution is 2.39. The zero-order valence-corrected chi connectivity index (χ0v) is 20.1. The van der Waals surface area contributed by atoms with E-state index in [-0.39, 0.29) is 18.7 Å². The Morgan fingerprint density at radius 1 is 1.09 bits per heavy atom. The Labute approximate surface area is 203 Å². The number of aliphatic hydroxyl groups excluding tert-OH is 1. The minimum Gasteiger partial charge on any atom is -0.445 e. The Hall–Kier alpha value is -2.82. The summed E-state index contributed by atoms with van der Waals surface area (Å²) in [5, 5.41) is 12.3. The largest absolute Gasteiger partial charge is 0.492 e. The highest BCUT2D eigenvalue weighted by Gasteiger charge is 2.52. The quantitative estimate of drug-likeness (QED) is 0.525. The van der Waals surface area contributed by atoms with Gasteiger partial charge in [-0.25, -0.2) is 4.79 Å². The predicted molar refractivity (Wildman–Crippen MR) is 126 cm³/mol. The monoisotopic (exact) mass is 491 g/mol. The molecule has 2 aromatic carbocycles. The Morgan fingerprint density at radius 2 is 1.71 bits per heavy atom. The molecule has 0 radical (unpaired) electrons. The number of ether oxygens (including phenoxy) is 1. The predicted octanol–water partition coefficient (Wildman–Crippen LogP) is 5.14. The number of rotatable bonds is 7. The Bertz CT molecular complexity index is 1050. The number of nitrogens with one attached hydrogen (secondary N) is 1. The maximum Gasteiger partial charge on any atom is 0.492 e. The van der Waals surface area contributed by atoms with Gasteiger partial charge >= 0.3 is 19.4 Å². The van der Waals surface area contributed by atoms with Crippen LogP contribution in [0.15, 0.2) is 54.0 Å². The summed E-state index contributed by atoms with van der Waals surface area (Å²) in [6, 6.07) is 12.3. The van der Waals surface area contributed by atoms with Crippen LogP contribution in [0.1, 0.15) is 49.9 Å². The van der Waals surface area contributed by atoms with Gasteiger partial charge in [-0.05, 0) is 62.0 Å². The molecule has 0 spiro atoms. The summed E-state index contributed by atoms with van der Waals surface area (Å²) in [5.41, 5.74) is -0.505. The van der Waals surface area contributed by atoms with Gasteiger partial charge in [0.05, 0.1) is 23.4 Å². The van der Waals surface area contributed by atoms with Crippen molar-refractivity contribution >= 4 is 19.3 Å². The van der Waals surface area contributed by atoms with Gasteiger partial charge in [-0.1, -0.05) is 42.5 Å². The average Bonchev–Trinajstić information content (AvgIpc) is 3.01. The first-order valence-electron chi connectivity index (χ1n) is 11.1. The second-order valence-electron chi connectivity index (χ2n) is 9.29. The smallest absolute Gasteiger partial charge is 0.445 e. The number of halogens is 3. The third kappa shape index (κ3) is 6.65. The van der Waals surface area contributed by atoms with Crippen LogP contribution < -0.4 is 5.32 Å². The Morgan fingerprint density at radius 3 is 2.29 bits per heavy atom. The van der Waals surface area contributed by atoms with Crippen LogP contribution in [0.5, 0.6) is 0 Å². The Balaban J connectivity index is 1.83. The molecular formula is C25H29BF3NO5. The van der Waals surface area contributed by atoms with Crippen LogP contribution in [-0.4, -0.2) is 36.1 Å². The standard InChI is InChI=1S/C25H29BF3NO5/c1-23(2)24(3,4)35-26(34-23)21(14-30-22(32)33-16-17-8-6-5-7-9-17)13-18-10-11-20(25(27,28)29)12-19(18)15-31/h5-13,31H,14-16H2,1-4H3,(H,30,32). The van der Waals surface area contributed by atoms with Gasteiger partial charge < -0.3 is 24.5 Å². The molecule has 2 N–H and O–H groups in total. The number of hydrogen-bond donors (Lipinski definition) is 2. The number of benzene rings is 2. The highest BCUT2D eigenvalue weighted by molar-refractivity contribution is 6.56. The van der Waals surface area contributed by atoms with Crippen molar-refractivity contribution in [3.05, 3.63) is 76.3 Å².